The number of aromatic nitrogens is 3. The summed E-state index contributed by atoms with van der Waals surface area (Å²) in [6.45, 7) is 0.811. The molecule has 0 aliphatic carbocycles. The highest BCUT2D eigenvalue weighted by Gasteiger charge is 2.12. The van der Waals surface area contributed by atoms with E-state index in [4.69, 9.17) is 0 Å². The van der Waals surface area contributed by atoms with Crippen LogP contribution in [0.25, 0.3) is 11.0 Å². The van der Waals surface area contributed by atoms with Crippen molar-refractivity contribution in [2.45, 2.75) is 6.54 Å². The normalized spacial score (nSPS) is 11.1. The summed E-state index contributed by atoms with van der Waals surface area (Å²) in [6, 6.07) is 0. The van der Waals surface area contributed by atoms with E-state index in [0.717, 1.165) is 22.2 Å². The minimum Gasteiger partial charge on any atom is -0.323 e. The summed E-state index contributed by atoms with van der Waals surface area (Å²) in [5.41, 5.74) is 2.16. The van der Waals surface area contributed by atoms with Crippen molar-refractivity contribution in [3.63, 3.8) is 0 Å². The van der Waals surface area contributed by atoms with E-state index in [1.54, 1.807) is 6.33 Å². The first-order chi connectivity index (χ1) is 6.75. The van der Waals surface area contributed by atoms with Crippen molar-refractivity contribution >= 4 is 27.0 Å². The summed E-state index contributed by atoms with van der Waals surface area (Å²) in [6.07, 6.45) is 3.41. The van der Waals surface area contributed by atoms with Gasteiger partial charge in [-0.1, -0.05) is 0 Å². The molecule has 4 nitrogen and oxygen atoms in total. The standard InChI is InChI=1S/C9H11BrN4/c1-11-3-6-7-4-12-5-13-9(7)14(2)8(6)10/h4-5,11H,3H2,1-2H3. The van der Waals surface area contributed by atoms with Gasteiger partial charge >= 0.3 is 0 Å². The van der Waals surface area contributed by atoms with E-state index < -0.39 is 0 Å². The minimum atomic E-state index is 0.811. The third kappa shape index (κ3) is 1.33. The number of hydrogen-bond acceptors (Lipinski definition) is 3. The van der Waals surface area contributed by atoms with Crippen LogP contribution in [0.4, 0.5) is 0 Å². The molecule has 2 aromatic heterocycles. The highest BCUT2D eigenvalue weighted by Crippen LogP contribution is 2.26. The Morgan fingerprint density at radius 3 is 3.07 bits per heavy atom. The zero-order valence-electron chi connectivity index (χ0n) is 8.08. The fraction of sp³-hybridized carbons (Fsp3) is 0.333. The van der Waals surface area contributed by atoms with Crippen molar-refractivity contribution in [2.75, 3.05) is 7.05 Å². The Bertz CT molecular complexity index is 463. The zero-order chi connectivity index (χ0) is 10.1. The lowest BCUT2D eigenvalue weighted by Crippen LogP contribution is -2.05. The molecule has 0 saturated heterocycles. The maximum Gasteiger partial charge on any atom is 0.144 e. The van der Waals surface area contributed by atoms with Crippen molar-refractivity contribution in [3.8, 4) is 0 Å². The summed E-state index contributed by atoms with van der Waals surface area (Å²) >= 11 is 3.55. The molecule has 0 bridgehead atoms. The Hall–Kier alpha value is -0.940. The third-order valence-electron chi connectivity index (χ3n) is 2.23. The van der Waals surface area contributed by atoms with E-state index in [2.05, 4.69) is 31.2 Å². The van der Waals surface area contributed by atoms with Crippen LogP contribution in [-0.2, 0) is 13.6 Å². The van der Waals surface area contributed by atoms with E-state index >= 15 is 0 Å². The molecule has 0 aliphatic rings. The fourth-order valence-corrected chi connectivity index (χ4v) is 2.08. The molecule has 0 unspecified atom stereocenters. The molecule has 2 aromatic rings. The van der Waals surface area contributed by atoms with Gasteiger partial charge in [-0.05, 0) is 23.0 Å². The molecule has 0 amide bonds. The molecule has 2 heterocycles. The summed E-state index contributed by atoms with van der Waals surface area (Å²) in [5, 5.41) is 4.23. The molecule has 0 aromatic carbocycles. The Morgan fingerprint density at radius 1 is 1.57 bits per heavy atom. The highest BCUT2D eigenvalue weighted by atomic mass is 79.9. The van der Waals surface area contributed by atoms with Crippen LogP contribution in [0.5, 0.6) is 0 Å². The van der Waals surface area contributed by atoms with Crippen molar-refractivity contribution in [1.82, 2.24) is 19.9 Å². The number of halogens is 1. The average Bonchev–Trinajstić information content (AvgIpc) is 2.45. The number of fused-ring (bicyclic) bond motifs is 1. The van der Waals surface area contributed by atoms with Gasteiger partial charge < -0.3 is 9.88 Å². The Labute approximate surface area is 90.5 Å². The summed E-state index contributed by atoms with van der Waals surface area (Å²) in [5.74, 6) is 0. The van der Waals surface area contributed by atoms with Crippen LogP contribution in [0, 0.1) is 0 Å². The van der Waals surface area contributed by atoms with Gasteiger partial charge in [-0.3, -0.25) is 0 Å². The second-order valence-corrected chi connectivity index (χ2v) is 3.87. The SMILES string of the molecule is CNCc1c(Br)n(C)c2ncncc12. The molecule has 0 spiro atoms. The topological polar surface area (TPSA) is 42.7 Å². The van der Waals surface area contributed by atoms with Crippen molar-refractivity contribution in [1.29, 1.82) is 0 Å². The van der Waals surface area contributed by atoms with Crippen LogP contribution in [-0.4, -0.2) is 21.6 Å². The van der Waals surface area contributed by atoms with E-state index in [1.807, 2.05) is 24.9 Å². The molecule has 14 heavy (non-hydrogen) atoms. The molecule has 0 atom stereocenters. The first-order valence-corrected chi connectivity index (χ1v) is 5.12. The lowest BCUT2D eigenvalue weighted by molar-refractivity contribution is 0.806. The van der Waals surface area contributed by atoms with E-state index in [9.17, 15) is 0 Å². The van der Waals surface area contributed by atoms with Crippen molar-refractivity contribution in [2.24, 2.45) is 7.05 Å². The van der Waals surface area contributed by atoms with E-state index in [1.165, 1.54) is 5.56 Å². The van der Waals surface area contributed by atoms with Crippen LogP contribution in [0.3, 0.4) is 0 Å². The summed E-state index contributed by atoms with van der Waals surface area (Å²) < 4.78 is 3.08. The Morgan fingerprint density at radius 2 is 2.36 bits per heavy atom. The molecule has 0 aliphatic heterocycles. The number of hydrogen-bond donors (Lipinski definition) is 1. The Kier molecular flexibility index (Phi) is 2.52. The minimum absolute atomic E-state index is 0.811. The van der Waals surface area contributed by atoms with Crippen molar-refractivity contribution < 1.29 is 0 Å². The molecular formula is C9H11BrN4. The highest BCUT2D eigenvalue weighted by molar-refractivity contribution is 9.10. The molecule has 5 heteroatoms. The maximum atomic E-state index is 4.24. The fourth-order valence-electron chi connectivity index (χ4n) is 1.55. The van der Waals surface area contributed by atoms with E-state index in [-0.39, 0.29) is 0 Å². The summed E-state index contributed by atoms with van der Waals surface area (Å²) in [4.78, 5) is 8.28. The molecule has 2 rings (SSSR count). The lowest BCUT2D eigenvalue weighted by Gasteiger charge is -1.98. The second-order valence-electron chi connectivity index (χ2n) is 3.12. The smallest absolute Gasteiger partial charge is 0.144 e. The number of rotatable bonds is 2. The molecule has 0 fully saturated rings. The Balaban J connectivity index is 2.74. The van der Waals surface area contributed by atoms with Gasteiger partial charge in [0.2, 0.25) is 0 Å². The first kappa shape index (κ1) is 9.61. The largest absolute Gasteiger partial charge is 0.323 e. The van der Waals surface area contributed by atoms with Gasteiger partial charge in [0.15, 0.2) is 0 Å². The first-order valence-electron chi connectivity index (χ1n) is 4.33. The van der Waals surface area contributed by atoms with Gasteiger partial charge in [-0.2, -0.15) is 0 Å². The number of nitrogens with one attached hydrogen (secondary N) is 1. The average molecular weight is 255 g/mol. The van der Waals surface area contributed by atoms with Crippen LogP contribution in [0.1, 0.15) is 5.56 Å². The molecule has 0 saturated carbocycles. The number of nitrogens with zero attached hydrogens (tertiary/aromatic N) is 3. The zero-order valence-corrected chi connectivity index (χ0v) is 9.67. The lowest BCUT2D eigenvalue weighted by atomic mass is 10.2. The molecule has 1 N–H and O–H groups in total. The van der Waals surface area contributed by atoms with Gasteiger partial charge in [0.1, 0.15) is 12.0 Å². The van der Waals surface area contributed by atoms with Gasteiger partial charge in [0.05, 0.1) is 4.60 Å². The second kappa shape index (κ2) is 3.67. The number of aryl methyl sites for hydroxylation is 1. The van der Waals surface area contributed by atoms with Gasteiger partial charge in [-0.15, -0.1) is 0 Å². The van der Waals surface area contributed by atoms with Crippen LogP contribution in [0.15, 0.2) is 17.1 Å². The van der Waals surface area contributed by atoms with Crippen molar-refractivity contribution in [3.05, 3.63) is 22.7 Å². The molecular weight excluding hydrogens is 244 g/mol. The predicted molar refractivity (Wildman–Crippen MR) is 59.0 cm³/mol. The van der Waals surface area contributed by atoms with E-state index in [0.29, 0.717) is 0 Å². The monoisotopic (exact) mass is 254 g/mol. The third-order valence-corrected chi connectivity index (χ3v) is 3.24. The van der Waals surface area contributed by atoms with Crippen LogP contribution in [0.2, 0.25) is 0 Å². The molecule has 74 valence electrons. The van der Waals surface area contributed by atoms with Gasteiger partial charge in [-0.25, -0.2) is 9.97 Å². The quantitative estimate of drug-likeness (QED) is 0.883. The van der Waals surface area contributed by atoms with Crippen LogP contribution >= 0.6 is 15.9 Å². The molecule has 0 radical (unpaired) electrons. The van der Waals surface area contributed by atoms with Gasteiger partial charge in [0.25, 0.3) is 0 Å². The van der Waals surface area contributed by atoms with Gasteiger partial charge in [0, 0.05) is 30.7 Å². The maximum absolute atomic E-state index is 4.24. The predicted octanol–water partition coefficient (Wildman–Crippen LogP) is 1.45. The summed E-state index contributed by atoms with van der Waals surface area (Å²) in [7, 11) is 3.91. The van der Waals surface area contributed by atoms with Crippen LogP contribution < -0.4 is 5.32 Å².